The predicted octanol–water partition coefficient (Wildman–Crippen LogP) is 2.37. The van der Waals surface area contributed by atoms with Gasteiger partial charge in [-0.05, 0) is 23.8 Å². The van der Waals surface area contributed by atoms with Crippen molar-refractivity contribution < 1.29 is 13.9 Å². The Kier molecular flexibility index (Phi) is 3.25. The highest BCUT2D eigenvalue weighted by molar-refractivity contribution is 6.00. The van der Waals surface area contributed by atoms with Crippen LogP contribution in [0.1, 0.15) is 5.56 Å². The third-order valence-corrected chi connectivity index (χ3v) is 3.58. The number of hydrogen-bond donors (Lipinski definition) is 1. The van der Waals surface area contributed by atoms with Crippen molar-refractivity contribution in [2.75, 3.05) is 17.7 Å². The molecule has 108 valence electrons. The van der Waals surface area contributed by atoms with Crippen molar-refractivity contribution in [3.05, 3.63) is 53.8 Å². The van der Waals surface area contributed by atoms with Crippen LogP contribution in [0.2, 0.25) is 0 Å². The van der Waals surface area contributed by atoms with Gasteiger partial charge in [-0.25, -0.2) is 4.39 Å². The highest BCUT2D eigenvalue weighted by Gasteiger charge is 2.32. The summed E-state index contributed by atoms with van der Waals surface area (Å²) in [5, 5.41) is 0. The molecule has 1 heterocycles. The molecule has 21 heavy (non-hydrogen) atoms. The van der Waals surface area contributed by atoms with Gasteiger partial charge in [-0.1, -0.05) is 18.2 Å². The van der Waals surface area contributed by atoms with Gasteiger partial charge in [-0.2, -0.15) is 0 Å². The Morgan fingerprint density at radius 1 is 1.29 bits per heavy atom. The van der Waals surface area contributed by atoms with Crippen LogP contribution >= 0.6 is 0 Å². The molecule has 1 unspecified atom stereocenters. The first kappa shape index (κ1) is 13.4. The third kappa shape index (κ3) is 2.42. The zero-order valence-electron chi connectivity index (χ0n) is 11.5. The number of likely N-dealkylation sites (N-methyl/N-ethyl adjacent to an activating group) is 1. The quantitative estimate of drug-likeness (QED) is 0.862. The lowest BCUT2D eigenvalue weighted by Gasteiger charge is -2.32. The molecule has 0 fully saturated rings. The van der Waals surface area contributed by atoms with E-state index in [1.807, 2.05) is 0 Å². The summed E-state index contributed by atoms with van der Waals surface area (Å²) in [4.78, 5) is 13.9. The van der Waals surface area contributed by atoms with E-state index in [-0.39, 0.29) is 18.1 Å². The van der Waals surface area contributed by atoms with Crippen LogP contribution in [0.15, 0.2) is 42.5 Å². The molecule has 0 saturated heterocycles. The fourth-order valence-corrected chi connectivity index (χ4v) is 2.43. The van der Waals surface area contributed by atoms with Crippen LogP contribution < -0.4 is 15.4 Å². The number of nitrogen functional groups attached to an aromatic ring is 1. The average molecular weight is 286 g/mol. The minimum absolute atomic E-state index is 0.185. The van der Waals surface area contributed by atoms with Crippen molar-refractivity contribution in [3.8, 4) is 5.75 Å². The summed E-state index contributed by atoms with van der Waals surface area (Å²) in [5.74, 6) is 0.00360. The Balaban J connectivity index is 1.91. The Morgan fingerprint density at radius 2 is 2.05 bits per heavy atom. The lowest BCUT2D eigenvalue weighted by Crippen LogP contribution is -2.45. The van der Waals surface area contributed by atoms with Crippen LogP contribution in [-0.2, 0) is 11.2 Å². The summed E-state index contributed by atoms with van der Waals surface area (Å²) in [6.45, 7) is 0. The molecule has 0 radical (unpaired) electrons. The SMILES string of the molecule is CN1C(=O)C(Cc2ccccc2F)Oc2cc(N)ccc21. The lowest BCUT2D eigenvalue weighted by molar-refractivity contribution is -0.125. The molecule has 0 spiro atoms. The monoisotopic (exact) mass is 286 g/mol. The molecule has 0 aliphatic carbocycles. The second-order valence-electron chi connectivity index (χ2n) is 5.03. The maximum atomic E-state index is 13.7. The molecule has 3 rings (SSSR count). The zero-order valence-corrected chi connectivity index (χ0v) is 11.5. The first-order valence-electron chi connectivity index (χ1n) is 6.63. The number of anilines is 2. The van der Waals surface area contributed by atoms with Crippen molar-refractivity contribution in [2.45, 2.75) is 12.5 Å². The highest BCUT2D eigenvalue weighted by Crippen LogP contribution is 2.35. The second kappa shape index (κ2) is 5.09. The zero-order chi connectivity index (χ0) is 15.0. The minimum atomic E-state index is -0.749. The second-order valence-corrected chi connectivity index (χ2v) is 5.03. The number of fused-ring (bicyclic) bond motifs is 1. The van der Waals surface area contributed by atoms with E-state index in [0.717, 1.165) is 0 Å². The van der Waals surface area contributed by atoms with Crippen molar-refractivity contribution in [3.63, 3.8) is 0 Å². The van der Waals surface area contributed by atoms with Crippen LogP contribution in [0, 0.1) is 5.82 Å². The number of ether oxygens (including phenoxy) is 1. The standard InChI is InChI=1S/C16H15FN2O2/c1-19-13-7-6-11(18)9-14(13)21-15(16(19)20)8-10-4-2-3-5-12(10)17/h2-7,9,15H,8,18H2,1H3. The topological polar surface area (TPSA) is 55.6 Å². The lowest BCUT2D eigenvalue weighted by atomic mass is 10.0. The molecule has 1 amide bonds. The largest absolute Gasteiger partial charge is 0.478 e. The van der Waals surface area contributed by atoms with Gasteiger partial charge in [-0.15, -0.1) is 0 Å². The van der Waals surface area contributed by atoms with Gasteiger partial charge in [-0.3, -0.25) is 4.79 Å². The van der Waals surface area contributed by atoms with Crippen molar-refractivity contribution >= 4 is 17.3 Å². The molecule has 1 atom stereocenters. The van der Waals surface area contributed by atoms with Crippen LogP contribution in [0.3, 0.4) is 0 Å². The molecule has 2 aromatic rings. The minimum Gasteiger partial charge on any atom is -0.478 e. The number of hydrogen-bond acceptors (Lipinski definition) is 3. The molecule has 1 aliphatic heterocycles. The van der Waals surface area contributed by atoms with Crippen LogP contribution in [0.25, 0.3) is 0 Å². The number of carbonyl (C=O) groups excluding carboxylic acids is 1. The number of halogens is 1. The van der Waals surface area contributed by atoms with Crippen LogP contribution in [0.4, 0.5) is 15.8 Å². The Morgan fingerprint density at radius 3 is 2.81 bits per heavy atom. The van der Waals surface area contributed by atoms with E-state index in [4.69, 9.17) is 10.5 Å². The molecule has 0 aromatic heterocycles. The predicted molar refractivity (Wildman–Crippen MR) is 78.8 cm³/mol. The Hall–Kier alpha value is -2.56. The van der Waals surface area contributed by atoms with Gasteiger partial charge >= 0.3 is 0 Å². The maximum Gasteiger partial charge on any atom is 0.268 e. The summed E-state index contributed by atoms with van der Waals surface area (Å²) in [6.07, 6.45) is -0.564. The van der Waals surface area contributed by atoms with E-state index >= 15 is 0 Å². The molecular weight excluding hydrogens is 271 g/mol. The smallest absolute Gasteiger partial charge is 0.268 e. The van der Waals surface area contributed by atoms with Gasteiger partial charge in [0.1, 0.15) is 11.6 Å². The number of benzene rings is 2. The van der Waals surface area contributed by atoms with Crippen molar-refractivity contribution in [2.24, 2.45) is 0 Å². The van der Waals surface area contributed by atoms with Crippen molar-refractivity contribution in [1.29, 1.82) is 0 Å². The molecule has 2 N–H and O–H groups in total. The van der Waals surface area contributed by atoms with Crippen LogP contribution in [0.5, 0.6) is 5.75 Å². The van der Waals surface area contributed by atoms with E-state index in [2.05, 4.69) is 0 Å². The first-order valence-corrected chi connectivity index (χ1v) is 6.63. The molecule has 0 bridgehead atoms. The van der Waals surface area contributed by atoms with Crippen LogP contribution in [-0.4, -0.2) is 19.1 Å². The van der Waals surface area contributed by atoms with E-state index in [0.29, 0.717) is 22.7 Å². The fourth-order valence-electron chi connectivity index (χ4n) is 2.43. The third-order valence-electron chi connectivity index (χ3n) is 3.58. The molecule has 4 nitrogen and oxygen atoms in total. The van der Waals surface area contributed by atoms with Gasteiger partial charge in [0.2, 0.25) is 0 Å². The number of rotatable bonds is 2. The van der Waals surface area contributed by atoms with Gasteiger partial charge < -0.3 is 15.4 Å². The number of nitrogens with zero attached hydrogens (tertiary/aromatic N) is 1. The molecular formula is C16H15FN2O2. The van der Waals surface area contributed by atoms with E-state index < -0.39 is 6.10 Å². The molecule has 2 aromatic carbocycles. The van der Waals surface area contributed by atoms with Gasteiger partial charge in [0, 0.05) is 25.2 Å². The number of amides is 1. The average Bonchev–Trinajstić information content (AvgIpc) is 2.46. The summed E-state index contributed by atoms with van der Waals surface area (Å²) < 4.78 is 19.4. The van der Waals surface area contributed by atoms with E-state index in [1.165, 1.54) is 11.0 Å². The van der Waals surface area contributed by atoms with E-state index in [1.54, 1.807) is 43.4 Å². The Labute approximate surface area is 121 Å². The maximum absolute atomic E-state index is 13.7. The van der Waals surface area contributed by atoms with Gasteiger partial charge in [0.15, 0.2) is 6.10 Å². The molecule has 1 aliphatic rings. The summed E-state index contributed by atoms with van der Waals surface area (Å²) in [5.41, 5.74) is 7.42. The number of nitrogens with two attached hydrogens (primary N) is 1. The van der Waals surface area contributed by atoms with E-state index in [9.17, 15) is 9.18 Å². The summed E-state index contributed by atoms with van der Waals surface area (Å²) in [7, 11) is 1.67. The molecule has 5 heteroatoms. The van der Waals surface area contributed by atoms with Crippen molar-refractivity contribution in [1.82, 2.24) is 0 Å². The fraction of sp³-hybridized carbons (Fsp3) is 0.188. The normalized spacial score (nSPS) is 17.3. The van der Waals surface area contributed by atoms with Gasteiger partial charge in [0.25, 0.3) is 5.91 Å². The Bertz CT molecular complexity index is 702. The highest BCUT2D eigenvalue weighted by atomic mass is 19.1. The van der Waals surface area contributed by atoms with Gasteiger partial charge in [0.05, 0.1) is 5.69 Å². The summed E-state index contributed by atoms with van der Waals surface area (Å²) >= 11 is 0. The summed E-state index contributed by atoms with van der Waals surface area (Å²) in [6, 6.07) is 11.5. The first-order chi connectivity index (χ1) is 10.1. The number of carbonyl (C=O) groups is 1. The molecule has 0 saturated carbocycles.